The number of hydrogen-bond acceptors (Lipinski definition) is 1. The van der Waals surface area contributed by atoms with Gasteiger partial charge in [-0.15, -0.1) is 0 Å². The lowest BCUT2D eigenvalue weighted by Crippen LogP contribution is -1.92. The number of fused-ring (bicyclic) bond motifs is 4. The van der Waals surface area contributed by atoms with Crippen molar-refractivity contribution in [2.45, 2.75) is 0 Å². The maximum atomic E-state index is 6.80. The van der Waals surface area contributed by atoms with E-state index in [0.29, 0.717) is 0 Å². The Morgan fingerprint density at radius 2 is 0.651 bits per heavy atom. The van der Waals surface area contributed by atoms with E-state index in [-0.39, 0.29) is 0 Å². The fraction of sp³-hybridized carbons (Fsp3) is 0. The van der Waals surface area contributed by atoms with Crippen molar-refractivity contribution in [1.82, 2.24) is 0 Å². The smallest absolute Gasteiger partial charge is 0.143 e. The van der Waals surface area contributed by atoms with E-state index in [1.54, 1.807) is 0 Å². The summed E-state index contributed by atoms with van der Waals surface area (Å²) in [6.07, 6.45) is 0. The van der Waals surface area contributed by atoms with Gasteiger partial charge in [0.1, 0.15) is 11.3 Å². The minimum Gasteiger partial charge on any atom is -0.455 e. The summed E-state index contributed by atoms with van der Waals surface area (Å²) in [7, 11) is 0. The average Bonchev–Trinajstić information content (AvgIpc) is 3.75. The Balaban J connectivity index is 1.05. The molecule has 12 rings (SSSR count). The van der Waals surface area contributed by atoms with E-state index < -0.39 is 0 Å². The van der Waals surface area contributed by atoms with Gasteiger partial charge < -0.3 is 4.42 Å². The minimum atomic E-state index is 0.870. The molecule has 1 heterocycles. The molecule has 1 heteroatoms. The predicted octanol–water partition coefficient (Wildman–Crippen LogP) is 17.6. The molecule has 1 aromatic heterocycles. The topological polar surface area (TPSA) is 13.1 Å². The summed E-state index contributed by atoms with van der Waals surface area (Å²) in [5.41, 5.74) is 16.1. The zero-order chi connectivity index (χ0) is 41.7. The van der Waals surface area contributed by atoms with Crippen molar-refractivity contribution < 1.29 is 4.42 Å². The van der Waals surface area contributed by atoms with Gasteiger partial charge in [-0.3, -0.25) is 0 Å². The van der Waals surface area contributed by atoms with E-state index in [1.807, 2.05) is 6.07 Å². The van der Waals surface area contributed by atoms with Crippen LogP contribution in [-0.4, -0.2) is 0 Å². The highest BCUT2D eigenvalue weighted by Crippen LogP contribution is 2.47. The zero-order valence-electron chi connectivity index (χ0n) is 34.5. The Bertz CT molecular complexity index is 3650. The Labute approximate surface area is 366 Å². The maximum absolute atomic E-state index is 6.80. The van der Waals surface area contributed by atoms with Gasteiger partial charge in [-0.05, 0) is 130 Å². The summed E-state index contributed by atoms with van der Waals surface area (Å²) >= 11 is 0. The first-order valence-electron chi connectivity index (χ1n) is 21.7. The van der Waals surface area contributed by atoms with Gasteiger partial charge >= 0.3 is 0 Å². The van der Waals surface area contributed by atoms with E-state index in [0.717, 1.165) is 44.5 Å². The summed E-state index contributed by atoms with van der Waals surface area (Å²) in [6, 6.07) is 87.9. The summed E-state index contributed by atoms with van der Waals surface area (Å²) in [4.78, 5) is 0. The Morgan fingerprint density at radius 3 is 1.32 bits per heavy atom. The first kappa shape index (κ1) is 36.6. The highest BCUT2D eigenvalue weighted by atomic mass is 16.3. The largest absolute Gasteiger partial charge is 0.455 e. The second-order valence-electron chi connectivity index (χ2n) is 16.4. The number of rotatable bonds is 7. The second kappa shape index (κ2) is 15.3. The van der Waals surface area contributed by atoms with Crippen molar-refractivity contribution in [2.24, 2.45) is 0 Å². The van der Waals surface area contributed by atoms with E-state index in [1.165, 1.54) is 76.8 Å². The van der Waals surface area contributed by atoms with Crippen LogP contribution in [0, 0.1) is 0 Å². The molecule has 0 bridgehead atoms. The quantitative estimate of drug-likeness (QED) is 0.146. The molecule has 0 spiro atoms. The molecule has 0 amide bonds. The molecule has 11 aromatic carbocycles. The van der Waals surface area contributed by atoms with Crippen LogP contribution in [0.1, 0.15) is 0 Å². The lowest BCUT2D eigenvalue weighted by molar-refractivity contribution is 0.632. The molecule has 1 nitrogen and oxygen atoms in total. The van der Waals surface area contributed by atoms with Crippen LogP contribution in [0.2, 0.25) is 0 Å². The molecule has 0 fully saturated rings. The number of benzene rings is 11. The van der Waals surface area contributed by atoms with Crippen molar-refractivity contribution >= 4 is 43.3 Å². The monoisotopic (exact) mass is 800 g/mol. The molecule has 63 heavy (non-hydrogen) atoms. The van der Waals surface area contributed by atoms with Gasteiger partial charge in [0, 0.05) is 16.5 Å². The van der Waals surface area contributed by atoms with Crippen molar-refractivity contribution in [1.29, 1.82) is 0 Å². The second-order valence-corrected chi connectivity index (χ2v) is 16.4. The first-order chi connectivity index (χ1) is 31.2. The lowest BCUT2D eigenvalue weighted by atomic mass is 9.84. The van der Waals surface area contributed by atoms with Crippen LogP contribution in [0.15, 0.2) is 247 Å². The highest BCUT2D eigenvalue weighted by Gasteiger charge is 2.21. The first-order valence-corrected chi connectivity index (χ1v) is 21.7. The normalized spacial score (nSPS) is 11.5. The SMILES string of the molecule is c1ccc(-c2ccc3c(-c4cccc(-c5ccc6ccccc6c5)c4)c4ccccc4c(-c4cccc(-c5ccc6c(-c7ccccc7)c(-c7ccccc7)oc6c5)c4)c3c2)cc1. The van der Waals surface area contributed by atoms with Gasteiger partial charge in [0.2, 0.25) is 0 Å². The molecule has 0 unspecified atom stereocenters. The Morgan fingerprint density at radius 1 is 0.206 bits per heavy atom. The molecule has 0 saturated carbocycles. The van der Waals surface area contributed by atoms with E-state index >= 15 is 0 Å². The summed E-state index contributed by atoms with van der Waals surface area (Å²) in [5, 5.41) is 8.50. The highest BCUT2D eigenvalue weighted by molar-refractivity contribution is 6.22. The molecule has 0 aliphatic rings. The summed E-state index contributed by atoms with van der Waals surface area (Å²) in [5.74, 6) is 0.887. The molecular formula is C62H40O. The van der Waals surface area contributed by atoms with Crippen molar-refractivity contribution in [3.8, 4) is 78.1 Å². The standard InChI is InChI=1S/C62H40O/c1-4-16-41(17-5-1)49-32-34-55-57(39-49)60(54-29-13-12-28-53(54)59(55)51-26-14-24-46(37-51)48-31-30-42-18-10-11-23-45(42)36-48)52-27-15-25-47(38-52)50-33-35-56-58(40-50)63-62(44-21-8-3-9-22-44)61(56)43-19-6-2-7-20-43/h1-40H. The van der Waals surface area contributed by atoms with E-state index in [4.69, 9.17) is 4.42 Å². The van der Waals surface area contributed by atoms with Crippen LogP contribution in [0.4, 0.5) is 0 Å². The molecule has 294 valence electrons. The third kappa shape index (κ3) is 6.50. The van der Waals surface area contributed by atoms with Crippen LogP contribution < -0.4 is 0 Å². The molecule has 0 aliphatic heterocycles. The number of hydrogen-bond donors (Lipinski definition) is 0. The van der Waals surface area contributed by atoms with E-state index in [2.05, 4.69) is 237 Å². The molecule has 0 N–H and O–H groups in total. The maximum Gasteiger partial charge on any atom is 0.143 e. The van der Waals surface area contributed by atoms with Gasteiger partial charge in [0.05, 0.1) is 0 Å². The third-order valence-corrected chi connectivity index (χ3v) is 12.6. The van der Waals surface area contributed by atoms with Crippen LogP contribution in [0.3, 0.4) is 0 Å². The molecule has 0 radical (unpaired) electrons. The molecule has 0 atom stereocenters. The van der Waals surface area contributed by atoms with Crippen LogP contribution in [0.5, 0.6) is 0 Å². The Hall–Kier alpha value is -8.26. The Kier molecular flexibility index (Phi) is 8.90. The molecule has 0 aliphatic carbocycles. The van der Waals surface area contributed by atoms with Crippen molar-refractivity contribution in [2.75, 3.05) is 0 Å². The van der Waals surface area contributed by atoms with Gasteiger partial charge in [-0.25, -0.2) is 0 Å². The molecular weight excluding hydrogens is 761 g/mol. The van der Waals surface area contributed by atoms with Gasteiger partial charge in [0.15, 0.2) is 0 Å². The third-order valence-electron chi connectivity index (χ3n) is 12.6. The van der Waals surface area contributed by atoms with E-state index in [9.17, 15) is 0 Å². The van der Waals surface area contributed by atoms with Crippen LogP contribution in [-0.2, 0) is 0 Å². The summed E-state index contributed by atoms with van der Waals surface area (Å²) < 4.78 is 6.80. The summed E-state index contributed by atoms with van der Waals surface area (Å²) in [6.45, 7) is 0. The van der Waals surface area contributed by atoms with Crippen molar-refractivity contribution in [3.05, 3.63) is 243 Å². The fourth-order valence-electron chi connectivity index (χ4n) is 9.65. The van der Waals surface area contributed by atoms with Gasteiger partial charge in [-0.1, -0.05) is 206 Å². The number of furan rings is 1. The van der Waals surface area contributed by atoms with Gasteiger partial charge in [-0.2, -0.15) is 0 Å². The molecule has 12 aromatic rings. The van der Waals surface area contributed by atoms with Gasteiger partial charge in [0.25, 0.3) is 0 Å². The lowest BCUT2D eigenvalue weighted by Gasteiger charge is -2.19. The molecule has 0 saturated heterocycles. The minimum absolute atomic E-state index is 0.870. The van der Waals surface area contributed by atoms with Crippen LogP contribution >= 0.6 is 0 Å². The predicted molar refractivity (Wildman–Crippen MR) is 267 cm³/mol. The zero-order valence-corrected chi connectivity index (χ0v) is 34.5. The van der Waals surface area contributed by atoms with Crippen LogP contribution in [0.25, 0.3) is 121 Å². The average molecular weight is 801 g/mol. The van der Waals surface area contributed by atoms with Crippen molar-refractivity contribution in [3.63, 3.8) is 0 Å². The fourth-order valence-corrected chi connectivity index (χ4v) is 9.65.